The minimum atomic E-state index is -1.82. The highest BCUT2D eigenvalue weighted by Gasteiger charge is 2.32. The molecular formula is C15H35NO3Si2. The number of rotatable bonds is 11. The minimum absolute atomic E-state index is 0.221. The molecule has 1 amide bonds. The van der Waals surface area contributed by atoms with Gasteiger partial charge in [-0.2, -0.15) is 0 Å². The summed E-state index contributed by atoms with van der Waals surface area (Å²) in [6.07, 6.45) is 1.82. The van der Waals surface area contributed by atoms with Crippen LogP contribution in [-0.4, -0.2) is 35.9 Å². The molecule has 0 aliphatic heterocycles. The second-order valence-electron chi connectivity index (χ2n) is 6.27. The van der Waals surface area contributed by atoms with Crippen molar-refractivity contribution in [2.75, 3.05) is 13.2 Å². The Balaban J connectivity index is 3.99. The molecule has 1 N–H and O–H groups in total. The van der Waals surface area contributed by atoms with Crippen LogP contribution in [0.4, 0.5) is 4.79 Å². The van der Waals surface area contributed by atoms with Gasteiger partial charge in [0.25, 0.3) is 8.32 Å². The second-order valence-corrected chi connectivity index (χ2v) is 15.3. The van der Waals surface area contributed by atoms with Gasteiger partial charge in [-0.3, -0.25) is 0 Å². The van der Waals surface area contributed by atoms with Crippen LogP contribution in [0, 0.1) is 0 Å². The fourth-order valence-electron chi connectivity index (χ4n) is 2.35. The van der Waals surface area contributed by atoms with E-state index in [1.54, 1.807) is 0 Å². The number of hydrogen-bond donors (Lipinski definition) is 1. The quantitative estimate of drug-likeness (QED) is 0.439. The highest BCUT2D eigenvalue weighted by Crippen LogP contribution is 2.21. The summed E-state index contributed by atoms with van der Waals surface area (Å²) < 4.78 is 11.7. The molecule has 0 aliphatic rings. The molecule has 6 heteroatoms. The van der Waals surface area contributed by atoms with E-state index < -0.39 is 16.6 Å². The molecule has 0 saturated carbocycles. The molecule has 0 heterocycles. The maximum atomic E-state index is 11.9. The zero-order valence-corrected chi connectivity index (χ0v) is 16.9. The predicted molar refractivity (Wildman–Crippen MR) is 94.8 cm³/mol. The third kappa shape index (κ3) is 8.63. The van der Waals surface area contributed by atoms with E-state index in [1.165, 1.54) is 0 Å². The largest absolute Gasteiger partial charge is 0.504 e. The molecule has 0 saturated heterocycles. The van der Waals surface area contributed by atoms with E-state index in [0.717, 1.165) is 43.6 Å². The second kappa shape index (κ2) is 10.4. The lowest BCUT2D eigenvalue weighted by molar-refractivity contribution is 0.197. The van der Waals surface area contributed by atoms with E-state index in [-0.39, 0.29) is 6.09 Å². The van der Waals surface area contributed by atoms with Gasteiger partial charge in [0.05, 0.1) is 0 Å². The van der Waals surface area contributed by atoms with Gasteiger partial charge in [0.2, 0.25) is 0 Å². The van der Waals surface area contributed by atoms with Gasteiger partial charge in [0.1, 0.15) is 0 Å². The van der Waals surface area contributed by atoms with Crippen molar-refractivity contribution in [3.63, 3.8) is 0 Å². The maximum absolute atomic E-state index is 11.9. The van der Waals surface area contributed by atoms with Crippen LogP contribution < -0.4 is 5.32 Å². The summed E-state index contributed by atoms with van der Waals surface area (Å²) in [5.41, 5.74) is 0. The summed E-state index contributed by atoms with van der Waals surface area (Å²) in [5.74, 6) is 0. The normalized spacial score (nSPS) is 12.3. The third-order valence-corrected chi connectivity index (χ3v) is 11.2. The Morgan fingerprint density at radius 1 is 1.05 bits per heavy atom. The van der Waals surface area contributed by atoms with Gasteiger partial charge in [0, 0.05) is 13.2 Å². The van der Waals surface area contributed by atoms with Crippen molar-refractivity contribution in [2.24, 2.45) is 0 Å². The SMILES string of the molecule is CCCO[Si](C)(C)CCCNC(=O)O[Si](CC)(CC)CC. The van der Waals surface area contributed by atoms with Gasteiger partial charge in [-0.15, -0.1) is 0 Å². The molecule has 0 aromatic heterocycles. The van der Waals surface area contributed by atoms with Crippen LogP contribution in [0.1, 0.15) is 40.5 Å². The van der Waals surface area contributed by atoms with Gasteiger partial charge >= 0.3 is 6.09 Å². The zero-order valence-electron chi connectivity index (χ0n) is 14.9. The fourth-order valence-corrected chi connectivity index (χ4v) is 6.68. The van der Waals surface area contributed by atoms with Crippen molar-refractivity contribution >= 4 is 22.7 Å². The lowest BCUT2D eigenvalue weighted by Crippen LogP contribution is -2.42. The van der Waals surface area contributed by atoms with Gasteiger partial charge in [0.15, 0.2) is 8.32 Å². The van der Waals surface area contributed by atoms with E-state index in [0.29, 0.717) is 6.54 Å². The molecule has 21 heavy (non-hydrogen) atoms. The highest BCUT2D eigenvalue weighted by molar-refractivity contribution is 6.74. The van der Waals surface area contributed by atoms with Gasteiger partial charge in [-0.05, 0) is 50.1 Å². The van der Waals surface area contributed by atoms with Crippen molar-refractivity contribution in [2.45, 2.75) is 77.8 Å². The molecule has 0 aromatic rings. The number of carbonyl (C=O) groups is 1. The van der Waals surface area contributed by atoms with E-state index in [1.807, 2.05) is 0 Å². The Kier molecular flexibility index (Phi) is 10.2. The van der Waals surface area contributed by atoms with Crippen LogP contribution in [0.2, 0.25) is 37.3 Å². The Hall–Kier alpha value is -0.336. The molecule has 0 spiro atoms. The molecule has 0 aromatic carbocycles. The van der Waals surface area contributed by atoms with Crippen molar-refractivity contribution in [1.82, 2.24) is 5.32 Å². The first kappa shape index (κ1) is 20.7. The third-order valence-electron chi connectivity index (χ3n) is 4.16. The van der Waals surface area contributed by atoms with Crippen LogP contribution in [0.25, 0.3) is 0 Å². The molecule has 4 nitrogen and oxygen atoms in total. The van der Waals surface area contributed by atoms with Gasteiger partial charge in [-0.1, -0.05) is 27.7 Å². The topological polar surface area (TPSA) is 47.6 Å². The lowest BCUT2D eigenvalue weighted by atomic mass is 10.5. The molecule has 0 aliphatic carbocycles. The summed E-state index contributed by atoms with van der Waals surface area (Å²) in [6.45, 7) is 14.5. The molecule has 0 unspecified atom stereocenters. The maximum Gasteiger partial charge on any atom is 0.393 e. The lowest BCUT2D eigenvalue weighted by Gasteiger charge is -2.27. The van der Waals surface area contributed by atoms with Crippen LogP contribution in [-0.2, 0) is 8.85 Å². The smallest absolute Gasteiger partial charge is 0.393 e. The molecular weight excluding hydrogens is 298 g/mol. The Morgan fingerprint density at radius 2 is 1.62 bits per heavy atom. The first-order valence-electron chi connectivity index (χ1n) is 8.45. The van der Waals surface area contributed by atoms with Gasteiger partial charge in [-0.25, -0.2) is 4.79 Å². The predicted octanol–water partition coefficient (Wildman–Crippen LogP) is 4.74. The first-order valence-corrected chi connectivity index (χ1v) is 14.1. The summed E-state index contributed by atoms with van der Waals surface area (Å²) in [6, 6.07) is 4.07. The summed E-state index contributed by atoms with van der Waals surface area (Å²) in [5, 5.41) is 2.91. The Bertz CT molecular complexity index is 286. The van der Waals surface area contributed by atoms with Crippen molar-refractivity contribution in [3.05, 3.63) is 0 Å². The van der Waals surface area contributed by atoms with Gasteiger partial charge < -0.3 is 14.2 Å². The Labute approximate surface area is 133 Å². The standard InChI is InChI=1S/C15H35NO3Si2/c1-7-13-18-20(5,6)14-11-12-16-15(17)19-21(8-2,9-3)10-4/h7-14H2,1-6H3,(H,16,17). The summed E-state index contributed by atoms with van der Waals surface area (Å²) in [7, 11) is -3.37. The fraction of sp³-hybridized carbons (Fsp3) is 0.933. The first-order chi connectivity index (χ1) is 9.84. The van der Waals surface area contributed by atoms with E-state index in [2.05, 4.69) is 46.1 Å². The molecule has 0 bridgehead atoms. The van der Waals surface area contributed by atoms with Crippen LogP contribution in [0.15, 0.2) is 0 Å². The molecule has 0 fully saturated rings. The average molecular weight is 334 g/mol. The van der Waals surface area contributed by atoms with E-state index in [9.17, 15) is 4.79 Å². The summed E-state index contributed by atoms with van der Waals surface area (Å²) >= 11 is 0. The van der Waals surface area contributed by atoms with Crippen LogP contribution in [0.5, 0.6) is 0 Å². The number of nitrogens with one attached hydrogen (secondary N) is 1. The average Bonchev–Trinajstić information content (AvgIpc) is 2.47. The number of hydrogen-bond acceptors (Lipinski definition) is 3. The number of amides is 1. The molecule has 0 atom stereocenters. The summed E-state index contributed by atoms with van der Waals surface area (Å²) in [4.78, 5) is 11.9. The monoisotopic (exact) mass is 333 g/mol. The molecule has 0 rings (SSSR count). The van der Waals surface area contributed by atoms with Crippen molar-refractivity contribution in [3.8, 4) is 0 Å². The zero-order chi connectivity index (χ0) is 16.4. The molecule has 0 radical (unpaired) electrons. The Morgan fingerprint density at radius 3 is 2.10 bits per heavy atom. The van der Waals surface area contributed by atoms with Crippen LogP contribution >= 0.6 is 0 Å². The van der Waals surface area contributed by atoms with Crippen molar-refractivity contribution < 1.29 is 13.6 Å². The van der Waals surface area contributed by atoms with E-state index in [4.69, 9.17) is 8.85 Å². The number of carbonyl (C=O) groups excluding carboxylic acids is 1. The minimum Gasteiger partial charge on any atom is -0.504 e. The van der Waals surface area contributed by atoms with Crippen LogP contribution in [0.3, 0.4) is 0 Å². The molecule has 126 valence electrons. The van der Waals surface area contributed by atoms with E-state index >= 15 is 0 Å². The van der Waals surface area contributed by atoms with Crippen molar-refractivity contribution in [1.29, 1.82) is 0 Å². The highest BCUT2D eigenvalue weighted by atomic mass is 28.4.